The summed E-state index contributed by atoms with van der Waals surface area (Å²) in [7, 11) is 0. The van der Waals surface area contributed by atoms with Crippen LogP contribution in [0.4, 0.5) is 0 Å². The minimum Gasteiger partial charge on any atom is -0.307 e. The molecule has 1 aliphatic rings. The molecule has 1 atom stereocenters. The van der Waals surface area contributed by atoms with E-state index in [2.05, 4.69) is 30.5 Å². The molecule has 0 aromatic heterocycles. The van der Waals surface area contributed by atoms with Crippen LogP contribution in [0.5, 0.6) is 0 Å². The van der Waals surface area contributed by atoms with Crippen LogP contribution >= 0.6 is 11.6 Å². The molecule has 0 radical (unpaired) electrons. The van der Waals surface area contributed by atoms with Crippen molar-refractivity contribution in [3.8, 4) is 0 Å². The average molecular weight is 222 g/mol. The van der Waals surface area contributed by atoms with E-state index in [4.69, 9.17) is 11.6 Å². The van der Waals surface area contributed by atoms with E-state index in [1.165, 1.54) is 5.56 Å². The Morgan fingerprint density at radius 1 is 1.27 bits per heavy atom. The Bertz CT molecular complexity index is 351. The van der Waals surface area contributed by atoms with Crippen LogP contribution in [0.3, 0.4) is 0 Å². The SMILES string of the molecule is CC(NC1CC=CC1)c1ccccc1Cl. The molecule has 0 bridgehead atoms. The fourth-order valence-electron chi connectivity index (χ4n) is 2.02. The molecule has 1 aromatic carbocycles. The Kier molecular flexibility index (Phi) is 3.45. The summed E-state index contributed by atoms with van der Waals surface area (Å²) in [6, 6.07) is 8.94. The van der Waals surface area contributed by atoms with Gasteiger partial charge in [0.25, 0.3) is 0 Å². The minimum atomic E-state index is 0.323. The van der Waals surface area contributed by atoms with E-state index in [-0.39, 0.29) is 0 Å². The maximum Gasteiger partial charge on any atom is 0.0453 e. The molecular formula is C13H16ClN. The van der Waals surface area contributed by atoms with Crippen LogP contribution in [0, 0.1) is 0 Å². The fourth-order valence-corrected chi connectivity index (χ4v) is 2.32. The smallest absolute Gasteiger partial charge is 0.0453 e. The van der Waals surface area contributed by atoms with Gasteiger partial charge in [0, 0.05) is 17.1 Å². The lowest BCUT2D eigenvalue weighted by Gasteiger charge is -2.20. The lowest BCUT2D eigenvalue weighted by Crippen LogP contribution is -2.29. The molecule has 0 saturated heterocycles. The monoisotopic (exact) mass is 221 g/mol. The van der Waals surface area contributed by atoms with Gasteiger partial charge in [0.2, 0.25) is 0 Å². The van der Waals surface area contributed by atoms with Gasteiger partial charge in [-0.05, 0) is 31.4 Å². The summed E-state index contributed by atoms with van der Waals surface area (Å²) >= 11 is 6.15. The van der Waals surface area contributed by atoms with E-state index in [0.29, 0.717) is 12.1 Å². The van der Waals surface area contributed by atoms with Gasteiger partial charge < -0.3 is 5.32 Å². The molecule has 1 aliphatic carbocycles. The van der Waals surface area contributed by atoms with Crippen molar-refractivity contribution in [3.05, 3.63) is 47.0 Å². The molecule has 0 fully saturated rings. The van der Waals surface area contributed by atoms with Crippen molar-refractivity contribution >= 4 is 11.6 Å². The summed E-state index contributed by atoms with van der Waals surface area (Å²) < 4.78 is 0. The summed E-state index contributed by atoms with van der Waals surface area (Å²) in [6.07, 6.45) is 6.73. The molecule has 1 nitrogen and oxygen atoms in total. The maximum atomic E-state index is 6.15. The predicted octanol–water partition coefficient (Wildman–Crippen LogP) is 3.71. The number of halogens is 1. The Morgan fingerprint density at radius 2 is 1.93 bits per heavy atom. The molecule has 1 unspecified atom stereocenters. The van der Waals surface area contributed by atoms with Crippen molar-refractivity contribution in [2.24, 2.45) is 0 Å². The van der Waals surface area contributed by atoms with Gasteiger partial charge in [0.1, 0.15) is 0 Å². The molecule has 0 spiro atoms. The summed E-state index contributed by atoms with van der Waals surface area (Å²) in [6.45, 7) is 2.17. The number of rotatable bonds is 3. The second kappa shape index (κ2) is 4.82. The first-order valence-corrected chi connectivity index (χ1v) is 5.80. The van der Waals surface area contributed by atoms with Gasteiger partial charge in [-0.15, -0.1) is 0 Å². The first-order valence-electron chi connectivity index (χ1n) is 5.43. The first kappa shape index (κ1) is 10.7. The minimum absolute atomic E-state index is 0.323. The zero-order valence-electron chi connectivity index (χ0n) is 8.91. The van der Waals surface area contributed by atoms with Crippen molar-refractivity contribution in [2.75, 3.05) is 0 Å². The Labute approximate surface area is 96.1 Å². The van der Waals surface area contributed by atoms with Crippen LogP contribution in [0.25, 0.3) is 0 Å². The standard InChI is InChI=1S/C13H16ClN/c1-10(15-11-6-2-3-7-11)12-8-4-5-9-13(12)14/h2-5,8-11,15H,6-7H2,1H3. The highest BCUT2D eigenvalue weighted by molar-refractivity contribution is 6.31. The molecule has 0 aliphatic heterocycles. The van der Waals surface area contributed by atoms with Crippen LogP contribution in [-0.2, 0) is 0 Å². The molecule has 1 N–H and O–H groups in total. The van der Waals surface area contributed by atoms with E-state index in [1.807, 2.05) is 18.2 Å². The topological polar surface area (TPSA) is 12.0 Å². The van der Waals surface area contributed by atoms with Gasteiger partial charge in [-0.2, -0.15) is 0 Å². The predicted molar refractivity (Wildman–Crippen MR) is 65.2 cm³/mol. The van der Waals surface area contributed by atoms with Gasteiger partial charge in [-0.3, -0.25) is 0 Å². The van der Waals surface area contributed by atoms with Crippen LogP contribution in [0.15, 0.2) is 36.4 Å². The lowest BCUT2D eigenvalue weighted by molar-refractivity contribution is 0.471. The molecule has 0 heterocycles. The third-order valence-electron chi connectivity index (χ3n) is 2.87. The molecule has 1 aromatic rings. The molecule has 80 valence electrons. The second-order valence-electron chi connectivity index (χ2n) is 4.05. The summed E-state index contributed by atoms with van der Waals surface area (Å²) in [5.74, 6) is 0. The number of benzene rings is 1. The van der Waals surface area contributed by atoms with Crippen molar-refractivity contribution in [3.63, 3.8) is 0 Å². The molecular weight excluding hydrogens is 206 g/mol. The van der Waals surface area contributed by atoms with E-state index in [1.54, 1.807) is 0 Å². The van der Waals surface area contributed by atoms with Gasteiger partial charge in [-0.25, -0.2) is 0 Å². The highest BCUT2D eigenvalue weighted by Gasteiger charge is 2.15. The Morgan fingerprint density at radius 3 is 2.60 bits per heavy atom. The van der Waals surface area contributed by atoms with Crippen LogP contribution < -0.4 is 5.32 Å². The number of nitrogens with one attached hydrogen (secondary N) is 1. The Balaban J connectivity index is 2.01. The fraction of sp³-hybridized carbons (Fsp3) is 0.385. The van der Waals surface area contributed by atoms with Gasteiger partial charge in [0.05, 0.1) is 0 Å². The van der Waals surface area contributed by atoms with Crippen LogP contribution in [0.1, 0.15) is 31.4 Å². The first-order chi connectivity index (χ1) is 7.27. The highest BCUT2D eigenvalue weighted by atomic mass is 35.5. The van der Waals surface area contributed by atoms with Crippen molar-refractivity contribution < 1.29 is 0 Å². The van der Waals surface area contributed by atoms with Gasteiger partial charge in [0.15, 0.2) is 0 Å². The third-order valence-corrected chi connectivity index (χ3v) is 3.21. The van der Waals surface area contributed by atoms with E-state index in [0.717, 1.165) is 17.9 Å². The zero-order valence-corrected chi connectivity index (χ0v) is 9.67. The summed E-state index contributed by atoms with van der Waals surface area (Å²) in [5, 5.41) is 4.44. The zero-order chi connectivity index (χ0) is 10.7. The second-order valence-corrected chi connectivity index (χ2v) is 4.46. The van der Waals surface area contributed by atoms with E-state index >= 15 is 0 Å². The number of hydrogen-bond acceptors (Lipinski definition) is 1. The van der Waals surface area contributed by atoms with Crippen LogP contribution in [0.2, 0.25) is 5.02 Å². The van der Waals surface area contributed by atoms with E-state index in [9.17, 15) is 0 Å². The molecule has 0 amide bonds. The molecule has 2 rings (SSSR count). The van der Waals surface area contributed by atoms with Crippen molar-refractivity contribution in [1.82, 2.24) is 5.32 Å². The van der Waals surface area contributed by atoms with Crippen LogP contribution in [-0.4, -0.2) is 6.04 Å². The van der Waals surface area contributed by atoms with Crippen molar-refractivity contribution in [1.29, 1.82) is 0 Å². The quantitative estimate of drug-likeness (QED) is 0.768. The summed E-state index contributed by atoms with van der Waals surface area (Å²) in [5.41, 5.74) is 1.19. The highest BCUT2D eigenvalue weighted by Crippen LogP contribution is 2.24. The van der Waals surface area contributed by atoms with Crippen molar-refractivity contribution in [2.45, 2.75) is 31.8 Å². The molecule has 2 heteroatoms. The largest absolute Gasteiger partial charge is 0.307 e. The van der Waals surface area contributed by atoms with Gasteiger partial charge in [-0.1, -0.05) is 42.0 Å². The normalized spacial score (nSPS) is 18.3. The summed E-state index contributed by atoms with van der Waals surface area (Å²) in [4.78, 5) is 0. The molecule has 15 heavy (non-hydrogen) atoms. The van der Waals surface area contributed by atoms with Gasteiger partial charge >= 0.3 is 0 Å². The lowest BCUT2D eigenvalue weighted by atomic mass is 10.1. The average Bonchev–Trinajstić information content (AvgIpc) is 2.71. The Hall–Kier alpha value is -0.790. The number of hydrogen-bond donors (Lipinski definition) is 1. The molecule has 0 saturated carbocycles. The maximum absolute atomic E-state index is 6.15. The third kappa shape index (κ3) is 2.61. The van der Waals surface area contributed by atoms with E-state index < -0.39 is 0 Å².